The minimum Gasteiger partial charge on any atom is -0.368 e. The van der Waals surface area contributed by atoms with E-state index in [4.69, 9.17) is 0 Å². The predicted octanol–water partition coefficient (Wildman–Crippen LogP) is 1.62. The van der Waals surface area contributed by atoms with Gasteiger partial charge in [0.25, 0.3) is 5.91 Å². The van der Waals surface area contributed by atoms with Crippen LogP contribution >= 0.6 is 0 Å². The van der Waals surface area contributed by atoms with E-state index in [1.54, 1.807) is 4.68 Å². The summed E-state index contributed by atoms with van der Waals surface area (Å²) >= 11 is 0. The molecule has 0 saturated carbocycles. The number of nitrogens with zero attached hydrogens (tertiary/aromatic N) is 3. The lowest BCUT2D eigenvalue weighted by Gasteiger charge is -2.08. The average Bonchev–Trinajstić information content (AvgIpc) is 2.77. The SMILES string of the molecule is CCNc1nccc(C(=O)NCc2cn(C)nc2C)c1F. The van der Waals surface area contributed by atoms with Gasteiger partial charge in [0.05, 0.1) is 11.3 Å². The van der Waals surface area contributed by atoms with Crippen molar-refractivity contribution >= 4 is 11.7 Å². The Bertz CT molecular complexity index is 653. The third kappa shape index (κ3) is 3.36. The number of amides is 1. The number of halogens is 1. The minimum atomic E-state index is -0.639. The predicted molar refractivity (Wildman–Crippen MR) is 77.5 cm³/mol. The summed E-state index contributed by atoms with van der Waals surface area (Å²) in [5.41, 5.74) is 1.70. The van der Waals surface area contributed by atoms with E-state index in [0.29, 0.717) is 13.1 Å². The number of anilines is 1. The number of nitrogens with one attached hydrogen (secondary N) is 2. The quantitative estimate of drug-likeness (QED) is 0.878. The van der Waals surface area contributed by atoms with E-state index >= 15 is 0 Å². The number of aromatic nitrogens is 3. The molecule has 21 heavy (non-hydrogen) atoms. The van der Waals surface area contributed by atoms with Gasteiger partial charge < -0.3 is 10.6 Å². The van der Waals surface area contributed by atoms with Crippen LogP contribution in [0.2, 0.25) is 0 Å². The highest BCUT2D eigenvalue weighted by atomic mass is 19.1. The van der Waals surface area contributed by atoms with Crippen LogP contribution < -0.4 is 10.6 Å². The first-order valence-corrected chi connectivity index (χ1v) is 6.68. The van der Waals surface area contributed by atoms with Crippen molar-refractivity contribution in [1.29, 1.82) is 0 Å². The van der Waals surface area contributed by atoms with Crippen LogP contribution in [0.15, 0.2) is 18.5 Å². The molecular weight excluding hydrogens is 273 g/mol. The maximum Gasteiger partial charge on any atom is 0.254 e. The Morgan fingerprint density at radius 3 is 2.86 bits per heavy atom. The fourth-order valence-electron chi connectivity index (χ4n) is 2.00. The van der Waals surface area contributed by atoms with E-state index in [9.17, 15) is 9.18 Å². The first-order chi connectivity index (χ1) is 10.0. The molecule has 0 aromatic carbocycles. The molecule has 0 saturated heterocycles. The number of rotatable bonds is 5. The molecule has 0 spiro atoms. The zero-order valence-electron chi connectivity index (χ0n) is 12.3. The van der Waals surface area contributed by atoms with Crippen molar-refractivity contribution in [2.75, 3.05) is 11.9 Å². The lowest BCUT2D eigenvalue weighted by Crippen LogP contribution is -2.24. The highest BCUT2D eigenvalue weighted by Gasteiger charge is 2.16. The monoisotopic (exact) mass is 291 g/mol. The van der Waals surface area contributed by atoms with Gasteiger partial charge in [-0.05, 0) is 19.9 Å². The van der Waals surface area contributed by atoms with Gasteiger partial charge in [0.2, 0.25) is 0 Å². The molecule has 0 aliphatic heterocycles. The number of carbonyl (C=O) groups excluding carboxylic acids is 1. The van der Waals surface area contributed by atoms with Crippen molar-refractivity contribution in [1.82, 2.24) is 20.1 Å². The molecule has 1 amide bonds. The molecule has 0 bridgehead atoms. The number of aryl methyl sites for hydroxylation is 2. The number of hydrogen-bond donors (Lipinski definition) is 2. The van der Waals surface area contributed by atoms with Crippen molar-refractivity contribution in [3.63, 3.8) is 0 Å². The molecule has 0 radical (unpaired) electrons. The molecule has 2 aromatic rings. The smallest absolute Gasteiger partial charge is 0.254 e. The van der Waals surface area contributed by atoms with Gasteiger partial charge in [-0.1, -0.05) is 0 Å². The number of carbonyl (C=O) groups is 1. The van der Waals surface area contributed by atoms with Crippen LogP contribution in [-0.4, -0.2) is 27.2 Å². The molecule has 0 aliphatic rings. The van der Waals surface area contributed by atoms with Gasteiger partial charge in [0.15, 0.2) is 11.6 Å². The van der Waals surface area contributed by atoms with E-state index in [2.05, 4.69) is 20.7 Å². The summed E-state index contributed by atoms with van der Waals surface area (Å²) in [4.78, 5) is 15.9. The van der Waals surface area contributed by atoms with Crippen LogP contribution in [-0.2, 0) is 13.6 Å². The molecule has 7 heteroatoms. The molecule has 2 aromatic heterocycles. The molecule has 0 aliphatic carbocycles. The maximum atomic E-state index is 14.1. The van der Waals surface area contributed by atoms with Gasteiger partial charge in [-0.15, -0.1) is 0 Å². The second-order valence-electron chi connectivity index (χ2n) is 4.65. The van der Waals surface area contributed by atoms with Crippen LogP contribution in [0.3, 0.4) is 0 Å². The first kappa shape index (κ1) is 15.0. The topological polar surface area (TPSA) is 71.8 Å². The van der Waals surface area contributed by atoms with Crippen molar-refractivity contribution in [3.05, 3.63) is 41.1 Å². The first-order valence-electron chi connectivity index (χ1n) is 6.68. The van der Waals surface area contributed by atoms with Crippen molar-refractivity contribution in [2.45, 2.75) is 20.4 Å². The Labute approximate surface area is 122 Å². The Morgan fingerprint density at radius 1 is 1.48 bits per heavy atom. The van der Waals surface area contributed by atoms with Gasteiger partial charge in [-0.25, -0.2) is 9.37 Å². The fourth-order valence-corrected chi connectivity index (χ4v) is 2.00. The summed E-state index contributed by atoms with van der Waals surface area (Å²) in [5, 5.41) is 9.66. The van der Waals surface area contributed by atoms with Crippen LogP contribution in [0.4, 0.5) is 10.2 Å². The summed E-state index contributed by atoms with van der Waals surface area (Å²) in [6.45, 7) is 4.53. The maximum absolute atomic E-state index is 14.1. The Morgan fingerprint density at radius 2 is 2.24 bits per heavy atom. The Kier molecular flexibility index (Phi) is 4.52. The van der Waals surface area contributed by atoms with E-state index in [1.807, 2.05) is 27.1 Å². The summed E-state index contributed by atoms with van der Waals surface area (Å²) in [7, 11) is 1.81. The van der Waals surface area contributed by atoms with Gasteiger partial charge in [-0.3, -0.25) is 9.48 Å². The Hall–Kier alpha value is -2.44. The minimum absolute atomic E-state index is 0.0255. The normalized spacial score (nSPS) is 10.5. The van der Waals surface area contributed by atoms with Gasteiger partial charge in [-0.2, -0.15) is 5.10 Å². The second kappa shape index (κ2) is 6.34. The lowest BCUT2D eigenvalue weighted by molar-refractivity contribution is 0.0947. The summed E-state index contributed by atoms with van der Waals surface area (Å²) in [6, 6.07) is 1.36. The molecule has 112 valence electrons. The summed E-state index contributed by atoms with van der Waals surface area (Å²) < 4.78 is 15.8. The van der Waals surface area contributed by atoms with Gasteiger partial charge >= 0.3 is 0 Å². The molecule has 0 atom stereocenters. The summed E-state index contributed by atoms with van der Waals surface area (Å²) in [5.74, 6) is -1.03. The molecule has 2 heterocycles. The van der Waals surface area contributed by atoms with E-state index in [-0.39, 0.29) is 11.4 Å². The Balaban J connectivity index is 2.10. The average molecular weight is 291 g/mol. The standard InChI is InChI=1S/C14H18FN5O/c1-4-16-13-12(15)11(5-6-17-13)14(21)18-7-10-8-20(3)19-9(10)2/h5-6,8H,4,7H2,1-3H3,(H,16,17)(H,18,21). The fraction of sp³-hybridized carbons (Fsp3) is 0.357. The number of hydrogen-bond acceptors (Lipinski definition) is 4. The van der Waals surface area contributed by atoms with Crippen LogP contribution in [0, 0.1) is 12.7 Å². The molecule has 2 rings (SSSR count). The summed E-state index contributed by atoms with van der Waals surface area (Å²) in [6.07, 6.45) is 3.23. The highest BCUT2D eigenvalue weighted by Crippen LogP contribution is 2.15. The zero-order chi connectivity index (χ0) is 15.4. The van der Waals surface area contributed by atoms with E-state index < -0.39 is 11.7 Å². The molecule has 0 fully saturated rings. The van der Waals surface area contributed by atoms with Crippen molar-refractivity contribution < 1.29 is 9.18 Å². The van der Waals surface area contributed by atoms with Gasteiger partial charge in [0, 0.05) is 38.1 Å². The van der Waals surface area contributed by atoms with Gasteiger partial charge in [0.1, 0.15) is 0 Å². The highest BCUT2D eigenvalue weighted by molar-refractivity contribution is 5.95. The van der Waals surface area contributed by atoms with Crippen molar-refractivity contribution in [2.24, 2.45) is 7.05 Å². The van der Waals surface area contributed by atoms with Crippen LogP contribution in [0.5, 0.6) is 0 Å². The third-order valence-electron chi connectivity index (χ3n) is 3.03. The van der Waals surface area contributed by atoms with E-state index in [1.165, 1.54) is 12.3 Å². The lowest BCUT2D eigenvalue weighted by atomic mass is 10.2. The molecule has 0 unspecified atom stereocenters. The zero-order valence-corrected chi connectivity index (χ0v) is 12.3. The van der Waals surface area contributed by atoms with Crippen LogP contribution in [0.1, 0.15) is 28.5 Å². The second-order valence-corrected chi connectivity index (χ2v) is 4.65. The largest absolute Gasteiger partial charge is 0.368 e. The van der Waals surface area contributed by atoms with Crippen molar-refractivity contribution in [3.8, 4) is 0 Å². The molecule has 2 N–H and O–H groups in total. The van der Waals surface area contributed by atoms with E-state index in [0.717, 1.165) is 11.3 Å². The molecule has 6 nitrogen and oxygen atoms in total. The number of pyridine rings is 1. The molecular formula is C14H18FN5O. The van der Waals surface area contributed by atoms with Crippen LogP contribution in [0.25, 0.3) is 0 Å². The third-order valence-corrected chi connectivity index (χ3v) is 3.03.